The molecule has 0 unspecified atom stereocenters. The first kappa shape index (κ1) is 17.8. The number of esters is 1. The van der Waals surface area contributed by atoms with Crippen LogP contribution in [0.5, 0.6) is 17.2 Å². The molecule has 0 aliphatic carbocycles. The van der Waals surface area contributed by atoms with Crippen LogP contribution in [0.25, 0.3) is 0 Å². The molecule has 0 fully saturated rings. The van der Waals surface area contributed by atoms with E-state index >= 15 is 0 Å². The molecule has 6 nitrogen and oxygen atoms in total. The minimum atomic E-state index is -0.672. The summed E-state index contributed by atoms with van der Waals surface area (Å²) in [5.41, 5.74) is 0.158. The molecule has 0 amide bonds. The fraction of sp³-hybridized carbons (Fsp3) is 0.294. The Morgan fingerprint density at radius 2 is 1.58 bits per heavy atom. The third kappa shape index (κ3) is 3.86. The summed E-state index contributed by atoms with van der Waals surface area (Å²) in [5, 5.41) is 0. The fourth-order valence-corrected chi connectivity index (χ4v) is 2.84. The average molecular weight is 350 g/mol. The zero-order chi connectivity index (χ0) is 17.7. The van der Waals surface area contributed by atoms with Crippen LogP contribution in [0.3, 0.4) is 0 Å². The standard InChI is InChI=1S/C17H18O6S/c1-10-5-6-16(24-10)12(18)9-23-17(19)11-7-14(21-3)15(22-4)8-13(11)20-2/h5-8H,9H2,1-4H3. The van der Waals surface area contributed by atoms with Gasteiger partial charge in [0.05, 0.1) is 26.2 Å². The molecule has 0 bridgehead atoms. The average Bonchev–Trinajstić information content (AvgIpc) is 3.04. The Hall–Kier alpha value is -2.54. The zero-order valence-electron chi connectivity index (χ0n) is 13.9. The molecule has 7 heteroatoms. The van der Waals surface area contributed by atoms with E-state index in [2.05, 4.69) is 0 Å². The third-order valence-corrected chi connectivity index (χ3v) is 4.32. The Morgan fingerprint density at radius 1 is 0.958 bits per heavy atom. The van der Waals surface area contributed by atoms with Crippen LogP contribution in [0, 0.1) is 6.92 Å². The van der Waals surface area contributed by atoms with E-state index in [9.17, 15) is 9.59 Å². The molecule has 0 atom stereocenters. The highest BCUT2D eigenvalue weighted by Crippen LogP contribution is 2.34. The van der Waals surface area contributed by atoms with Crippen LogP contribution >= 0.6 is 11.3 Å². The number of thiophene rings is 1. The van der Waals surface area contributed by atoms with Crippen molar-refractivity contribution in [1.29, 1.82) is 0 Å². The number of carbonyl (C=O) groups is 2. The van der Waals surface area contributed by atoms with Gasteiger partial charge in [-0.2, -0.15) is 0 Å². The van der Waals surface area contributed by atoms with Gasteiger partial charge >= 0.3 is 5.97 Å². The Bertz CT molecular complexity index is 750. The summed E-state index contributed by atoms with van der Waals surface area (Å²) in [6, 6.07) is 6.55. The summed E-state index contributed by atoms with van der Waals surface area (Å²) in [7, 11) is 4.37. The van der Waals surface area contributed by atoms with Crippen molar-refractivity contribution in [2.45, 2.75) is 6.92 Å². The van der Waals surface area contributed by atoms with Crippen molar-refractivity contribution < 1.29 is 28.5 Å². The molecule has 0 saturated carbocycles. The molecule has 24 heavy (non-hydrogen) atoms. The molecule has 0 N–H and O–H groups in total. The van der Waals surface area contributed by atoms with Crippen molar-refractivity contribution in [1.82, 2.24) is 0 Å². The van der Waals surface area contributed by atoms with E-state index in [0.717, 1.165) is 4.88 Å². The van der Waals surface area contributed by atoms with Crippen molar-refractivity contribution >= 4 is 23.1 Å². The Labute approximate surface area is 143 Å². The van der Waals surface area contributed by atoms with Crippen molar-refractivity contribution in [3.63, 3.8) is 0 Å². The quantitative estimate of drug-likeness (QED) is 0.564. The molecule has 0 aliphatic rings. The van der Waals surface area contributed by atoms with Crippen LogP contribution in [-0.2, 0) is 4.74 Å². The van der Waals surface area contributed by atoms with Gasteiger partial charge in [0.1, 0.15) is 11.3 Å². The summed E-state index contributed by atoms with van der Waals surface area (Å²) >= 11 is 1.36. The Kier molecular flexibility index (Phi) is 5.81. The molecule has 1 aromatic carbocycles. The van der Waals surface area contributed by atoms with Gasteiger partial charge in [0.15, 0.2) is 18.1 Å². The van der Waals surface area contributed by atoms with E-state index in [1.54, 1.807) is 6.07 Å². The zero-order valence-corrected chi connectivity index (χ0v) is 14.7. The summed E-state index contributed by atoms with van der Waals surface area (Å²) in [5.74, 6) is 0.147. The van der Waals surface area contributed by atoms with Crippen LogP contribution in [0.4, 0.5) is 0 Å². The van der Waals surface area contributed by atoms with Crippen molar-refractivity contribution in [2.75, 3.05) is 27.9 Å². The first-order valence-electron chi connectivity index (χ1n) is 7.07. The molecule has 0 radical (unpaired) electrons. The van der Waals surface area contributed by atoms with Crippen molar-refractivity contribution in [2.24, 2.45) is 0 Å². The highest BCUT2D eigenvalue weighted by atomic mass is 32.1. The fourth-order valence-electron chi connectivity index (χ4n) is 2.05. The van der Waals surface area contributed by atoms with E-state index in [-0.39, 0.29) is 23.7 Å². The van der Waals surface area contributed by atoms with Gasteiger partial charge in [-0.15, -0.1) is 11.3 Å². The second-order valence-electron chi connectivity index (χ2n) is 4.82. The number of ketones is 1. The second kappa shape index (κ2) is 7.83. The maximum absolute atomic E-state index is 12.3. The van der Waals surface area contributed by atoms with E-state index in [1.807, 2.05) is 13.0 Å². The minimum absolute atomic E-state index is 0.158. The Balaban J connectivity index is 2.15. The lowest BCUT2D eigenvalue weighted by Crippen LogP contribution is -2.14. The molecule has 2 aromatic rings. The van der Waals surface area contributed by atoms with Gasteiger partial charge < -0.3 is 18.9 Å². The number of ether oxygens (including phenoxy) is 4. The molecule has 2 rings (SSSR count). The number of Topliss-reactive ketones (excluding diaryl/α,β-unsaturated/α-hetero) is 1. The molecule has 1 heterocycles. The molecular formula is C17H18O6S. The Morgan fingerprint density at radius 3 is 2.12 bits per heavy atom. The van der Waals surface area contributed by atoms with Crippen LogP contribution in [0.15, 0.2) is 24.3 Å². The van der Waals surface area contributed by atoms with Crippen LogP contribution in [0.1, 0.15) is 24.9 Å². The van der Waals surface area contributed by atoms with Gasteiger partial charge in [0.2, 0.25) is 5.78 Å². The van der Waals surface area contributed by atoms with Crippen LogP contribution in [-0.4, -0.2) is 39.7 Å². The lowest BCUT2D eigenvalue weighted by Gasteiger charge is -2.13. The molecule has 0 saturated heterocycles. The first-order chi connectivity index (χ1) is 11.5. The summed E-state index contributed by atoms with van der Waals surface area (Å²) < 4.78 is 20.6. The number of benzene rings is 1. The van der Waals surface area contributed by atoms with E-state index in [1.165, 1.54) is 44.8 Å². The van der Waals surface area contributed by atoms with Gasteiger partial charge in [-0.25, -0.2) is 4.79 Å². The van der Waals surface area contributed by atoms with Gasteiger partial charge in [-0.1, -0.05) is 0 Å². The highest BCUT2D eigenvalue weighted by molar-refractivity contribution is 7.14. The summed E-state index contributed by atoms with van der Waals surface area (Å²) in [6.07, 6.45) is 0. The number of rotatable bonds is 7. The second-order valence-corrected chi connectivity index (χ2v) is 6.10. The molecular weight excluding hydrogens is 332 g/mol. The normalized spacial score (nSPS) is 10.2. The highest BCUT2D eigenvalue weighted by Gasteiger charge is 2.20. The minimum Gasteiger partial charge on any atom is -0.496 e. The number of aryl methyl sites for hydroxylation is 1. The SMILES string of the molecule is COc1cc(OC)c(C(=O)OCC(=O)c2ccc(C)s2)cc1OC. The first-order valence-corrected chi connectivity index (χ1v) is 7.88. The molecule has 0 spiro atoms. The number of hydrogen-bond acceptors (Lipinski definition) is 7. The molecule has 0 aliphatic heterocycles. The predicted octanol–water partition coefficient (Wildman–Crippen LogP) is 3.12. The monoisotopic (exact) mass is 350 g/mol. The smallest absolute Gasteiger partial charge is 0.342 e. The van der Waals surface area contributed by atoms with Crippen molar-refractivity contribution in [3.05, 3.63) is 39.6 Å². The van der Waals surface area contributed by atoms with E-state index in [0.29, 0.717) is 16.4 Å². The third-order valence-electron chi connectivity index (χ3n) is 3.28. The number of methoxy groups -OCH3 is 3. The maximum atomic E-state index is 12.3. The summed E-state index contributed by atoms with van der Waals surface area (Å²) in [6.45, 7) is 1.57. The largest absolute Gasteiger partial charge is 0.496 e. The lowest BCUT2D eigenvalue weighted by atomic mass is 10.1. The van der Waals surface area contributed by atoms with Gasteiger partial charge in [0.25, 0.3) is 0 Å². The van der Waals surface area contributed by atoms with Gasteiger partial charge in [-0.05, 0) is 19.1 Å². The van der Waals surface area contributed by atoms with Gasteiger partial charge in [-0.3, -0.25) is 4.79 Å². The molecule has 1 aromatic heterocycles. The number of carbonyl (C=O) groups excluding carboxylic acids is 2. The van der Waals surface area contributed by atoms with Crippen LogP contribution in [0.2, 0.25) is 0 Å². The van der Waals surface area contributed by atoms with Crippen molar-refractivity contribution in [3.8, 4) is 17.2 Å². The van der Waals surface area contributed by atoms with Gasteiger partial charge in [0, 0.05) is 17.0 Å². The maximum Gasteiger partial charge on any atom is 0.342 e. The topological polar surface area (TPSA) is 71.1 Å². The lowest BCUT2D eigenvalue weighted by molar-refractivity contribution is 0.0472. The number of hydrogen-bond donors (Lipinski definition) is 0. The van der Waals surface area contributed by atoms with Crippen LogP contribution < -0.4 is 14.2 Å². The molecule has 128 valence electrons. The van der Waals surface area contributed by atoms with E-state index in [4.69, 9.17) is 18.9 Å². The predicted molar refractivity (Wildman–Crippen MR) is 89.8 cm³/mol. The summed E-state index contributed by atoms with van der Waals surface area (Å²) in [4.78, 5) is 25.9. The van der Waals surface area contributed by atoms with E-state index < -0.39 is 5.97 Å².